The second kappa shape index (κ2) is 4.74. The molecule has 0 saturated heterocycles. The van der Waals surface area contributed by atoms with Gasteiger partial charge in [0, 0.05) is 0 Å². The molecule has 4 heteroatoms. The zero-order chi connectivity index (χ0) is 9.72. The highest BCUT2D eigenvalue weighted by molar-refractivity contribution is 5.81. The summed E-state index contributed by atoms with van der Waals surface area (Å²) in [5.74, 6) is -1.70. The zero-order valence-electron chi connectivity index (χ0n) is 7.79. The quantitative estimate of drug-likeness (QED) is 0.588. The third-order valence-electron chi connectivity index (χ3n) is 1.90. The number of methoxy groups -OCH3 is 2. The normalized spacial score (nSPS) is 14.7. The molecule has 0 amide bonds. The maximum atomic E-state index is 10.9. The molecule has 0 aliphatic rings. The first-order chi connectivity index (χ1) is 5.54. The second-order valence-corrected chi connectivity index (χ2v) is 2.62. The van der Waals surface area contributed by atoms with Crippen molar-refractivity contribution < 1.29 is 19.1 Å². The molecule has 2 atom stereocenters. The van der Waals surface area contributed by atoms with Gasteiger partial charge in [0.15, 0.2) is 0 Å². The predicted octanol–water partition coefficient (Wildman–Crippen LogP) is 0.605. The van der Waals surface area contributed by atoms with Crippen LogP contribution in [0, 0.1) is 11.8 Å². The van der Waals surface area contributed by atoms with Gasteiger partial charge in [0.1, 0.15) is 0 Å². The third-order valence-corrected chi connectivity index (χ3v) is 1.90. The number of hydrogen-bond donors (Lipinski definition) is 0. The highest BCUT2D eigenvalue weighted by Gasteiger charge is 2.27. The molecule has 0 rings (SSSR count). The van der Waals surface area contributed by atoms with Crippen LogP contribution in [0.5, 0.6) is 0 Å². The molecule has 0 radical (unpaired) electrons. The van der Waals surface area contributed by atoms with Gasteiger partial charge < -0.3 is 9.47 Å². The highest BCUT2D eigenvalue weighted by Crippen LogP contribution is 2.13. The fourth-order valence-corrected chi connectivity index (χ4v) is 0.780. The highest BCUT2D eigenvalue weighted by atomic mass is 16.5. The van der Waals surface area contributed by atoms with Crippen LogP contribution in [0.15, 0.2) is 0 Å². The average molecular weight is 174 g/mol. The number of carbonyl (C=O) groups is 2. The van der Waals surface area contributed by atoms with E-state index in [4.69, 9.17) is 0 Å². The van der Waals surface area contributed by atoms with Crippen LogP contribution in [-0.2, 0) is 19.1 Å². The molecule has 0 aromatic carbocycles. The fraction of sp³-hybridized carbons (Fsp3) is 0.750. The summed E-state index contributed by atoms with van der Waals surface area (Å²) >= 11 is 0. The summed E-state index contributed by atoms with van der Waals surface area (Å²) < 4.78 is 8.96. The first-order valence-electron chi connectivity index (χ1n) is 3.70. The van der Waals surface area contributed by atoms with Crippen molar-refractivity contribution in [3.63, 3.8) is 0 Å². The van der Waals surface area contributed by atoms with E-state index in [1.807, 2.05) is 0 Å². The van der Waals surface area contributed by atoms with E-state index < -0.39 is 23.8 Å². The van der Waals surface area contributed by atoms with Crippen molar-refractivity contribution in [1.82, 2.24) is 0 Å². The third kappa shape index (κ3) is 2.53. The van der Waals surface area contributed by atoms with Crippen molar-refractivity contribution in [2.75, 3.05) is 14.2 Å². The lowest BCUT2D eigenvalue weighted by atomic mass is 9.96. The minimum absolute atomic E-state index is 0.395. The maximum absolute atomic E-state index is 10.9. The molecule has 0 heterocycles. The van der Waals surface area contributed by atoms with Crippen molar-refractivity contribution >= 4 is 11.9 Å². The van der Waals surface area contributed by atoms with Crippen LogP contribution >= 0.6 is 0 Å². The fourth-order valence-electron chi connectivity index (χ4n) is 0.780. The van der Waals surface area contributed by atoms with Gasteiger partial charge in [-0.25, -0.2) is 0 Å². The van der Waals surface area contributed by atoms with Crippen LogP contribution in [0.3, 0.4) is 0 Å². The van der Waals surface area contributed by atoms with Crippen LogP contribution in [0.2, 0.25) is 0 Å². The van der Waals surface area contributed by atoms with Crippen molar-refractivity contribution in [3.8, 4) is 0 Å². The van der Waals surface area contributed by atoms with E-state index in [9.17, 15) is 9.59 Å². The van der Waals surface area contributed by atoms with Gasteiger partial charge in [-0.05, 0) is 0 Å². The molecular formula is C8H14O4. The molecule has 0 spiro atoms. The molecule has 0 fully saturated rings. The van der Waals surface area contributed by atoms with Crippen molar-refractivity contribution in [3.05, 3.63) is 0 Å². The molecule has 0 aliphatic carbocycles. The Labute approximate surface area is 71.8 Å². The van der Waals surface area contributed by atoms with Gasteiger partial charge >= 0.3 is 11.9 Å². The molecule has 0 saturated carbocycles. The number of carbonyl (C=O) groups excluding carboxylic acids is 2. The van der Waals surface area contributed by atoms with Crippen molar-refractivity contribution in [2.45, 2.75) is 13.8 Å². The molecule has 0 aromatic heterocycles. The molecule has 0 aromatic rings. The summed E-state index contributed by atoms with van der Waals surface area (Å²) in [5.41, 5.74) is 0. The maximum Gasteiger partial charge on any atom is 0.309 e. The number of rotatable bonds is 3. The van der Waals surface area contributed by atoms with Gasteiger partial charge in [-0.2, -0.15) is 0 Å². The van der Waals surface area contributed by atoms with Crippen molar-refractivity contribution in [1.29, 1.82) is 0 Å². The Hall–Kier alpha value is -1.06. The second-order valence-electron chi connectivity index (χ2n) is 2.62. The smallest absolute Gasteiger partial charge is 0.309 e. The number of hydrogen-bond acceptors (Lipinski definition) is 4. The number of ether oxygens (including phenoxy) is 2. The first-order valence-corrected chi connectivity index (χ1v) is 3.70. The Morgan fingerprint density at radius 3 is 1.33 bits per heavy atom. The lowest BCUT2D eigenvalue weighted by Gasteiger charge is -2.14. The first kappa shape index (κ1) is 10.9. The average Bonchev–Trinajstić information content (AvgIpc) is 2.12. The van der Waals surface area contributed by atoms with E-state index in [0.29, 0.717) is 0 Å². The largest absolute Gasteiger partial charge is 0.469 e. The van der Waals surface area contributed by atoms with E-state index >= 15 is 0 Å². The van der Waals surface area contributed by atoms with Gasteiger partial charge in [0.25, 0.3) is 0 Å². The van der Waals surface area contributed by atoms with E-state index in [-0.39, 0.29) is 0 Å². The van der Waals surface area contributed by atoms with E-state index in [2.05, 4.69) is 9.47 Å². The molecule has 12 heavy (non-hydrogen) atoms. The topological polar surface area (TPSA) is 52.6 Å². The van der Waals surface area contributed by atoms with Crippen LogP contribution in [0.25, 0.3) is 0 Å². The predicted molar refractivity (Wildman–Crippen MR) is 42.4 cm³/mol. The summed E-state index contributed by atoms with van der Waals surface area (Å²) in [5, 5.41) is 0. The van der Waals surface area contributed by atoms with Gasteiger partial charge in [0.2, 0.25) is 0 Å². The monoisotopic (exact) mass is 174 g/mol. The molecule has 70 valence electrons. The minimum atomic E-state index is -0.456. The lowest BCUT2D eigenvalue weighted by molar-refractivity contribution is -0.156. The van der Waals surface area contributed by atoms with Crippen LogP contribution in [0.4, 0.5) is 0 Å². The van der Waals surface area contributed by atoms with Gasteiger partial charge in [-0.3, -0.25) is 9.59 Å². The summed E-state index contributed by atoms with van der Waals surface area (Å²) in [6.45, 7) is 3.26. The van der Waals surface area contributed by atoms with Crippen LogP contribution in [-0.4, -0.2) is 26.2 Å². The van der Waals surface area contributed by atoms with Gasteiger partial charge in [0.05, 0.1) is 26.1 Å². The molecule has 0 bridgehead atoms. The Morgan fingerprint density at radius 1 is 0.917 bits per heavy atom. The summed E-state index contributed by atoms with van der Waals surface area (Å²) in [6.07, 6.45) is 0. The van der Waals surface area contributed by atoms with E-state index in [1.54, 1.807) is 13.8 Å². The molecular weight excluding hydrogens is 160 g/mol. The van der Waals surface area contributed by atoms with Crippen molar-refractivity contribution in [2.24, 2.45) is 11.8 Å². The lowest BCUT2D eigenvalue weighted by Crippen LogP contribution is -2.27. The Balaban J connectivity index is 4.18. The number of esters is 2. The molecule has 4 nitrogen and oxygen atoms in total. The summed E-state index contributed by atoms with van der Waals surface area (Å²) in [7, 11) is 2.59. The summed E-state index contributed by atoms with van der Waals surface area (Å²) in [6, 6.07) is 0. The Morgan fingerprint density at radius 2 is 1.17 bits per heavy atom. The van der Waals surface area contributed by atoms with E-state index in [0.717, 1.165) is 0 Å². The Bertz CT molecular complexity index is 156. The van der Waals surface area contributed by atoms with E-state index in [1.165, 1.54) is 14.2 Å². The minimum Gasteiger partial charge on any atom is -0.469 e. The summed E-state index contributed by atoms with van der Waals surface area (Å²) in [4.78, 5) is 21.9. The van der Waals surface area contributed by atoms with Crippen LogP contribution < -0.4 is 0 Å². The Kier molecular flexibility index (Phi) is 4.33. The SMILES string of the molecule is COC(=O)[C@H](C)[C@@H](C)C(=O)OC. The molecule has 0 N–H and O–H groups in total. The zero-order valence-corrected chi connectivity index (χ0v) is 7.79. The van der Waals surface area contributed by atoms with Gasteiger partial charge in [-0.15, -0.1) is 0 Å². The van der Waals surface area contributed by atoms with Gasteiger partial charge in [-0.1, -0.05) is 13.8 Å². The standard InChI is InChI=1S/C8H14O4/c1-5(7(9)11-3)6(2)8(10)12-4/h5-6H,1-4H3/t5-,6-/m1/s1. The molecule has 0 unspecified atom stereocenters. The molecule has 0 aliphatic heterocycles. The van der Waals surface area contributed by atoms with Crippen LogP contribution in [0.1, 0.15) is 13.8 Å².